The summed E-state index contributed by atoms with van der Waals surface area (Å²) in [7, 11) is 0. The van der Waals surface area contributed by atoms with Crippen LogP contribution in [-0.2, 0) is 0 Å². The Morgan fingerprint density at radius 3 is 1.38 bits per heavy atom. The van der Waals surface area contributed by atoms with E-state index in [2.05, 4.69) is 229 Å². The first-order valence-corrected chi connectivity index (χ1v) is 19.9. The summed E-state index contributed by atoms with van der Waals surface area (Å²) in [6.45, 7) is 0. The molecule has 0 N–H and O–H groups in total. The molecular weight excluding hydrogens is 695 g/mol. The zero-order valence-electron chi connectivity index (χ0n) is 30.7. The largest absolute Gasteiger partial charge is 0.310 e. The Bertz CT molecular complexity index is 2940. The maximum absolute atomic E-state index is 2.41. The normalized spacial score (nSPS) is 11.2. The Balaban J connectivity index is 1.13. The van der Waals surface area contributed by atoms with Crippen molar-refractivity contribution in [2.75, 3.05) is 4.90 Å². The molecule has 1 heterocycles. The third-order valence-electron chi connectivity index (χ3n) is 10.7. The summed E-state index contributed by atoms with van der Waals surface area (Å²) < 4.78 is 2.63. The minimum Gasteiger partial charge on any atom is -0.310 e. The van der Waals surface area contributed by atoms with Gasteiger partial charge in [0.25, 0.3) is 0 Å². The lowest BCUT2D eigenvalue weighted by atomic mass is 9.88. The highest BCUT2D eigenvalue weighted by Crippen LogP contribution is 2.46. The number of hydrogen-bond acceptors (Lipinski definition) is 2. The van der Waals surface area contributed by atoms with Gasteiger partial charge in [0.05, 0.1) is 5.69 Å². The fourth-order valence-corrected chi connectivity index (χ4v) is 9.23. The number of fused-ring (bicyclic) bond motifs is 3. The average Bonchev–Trinajstić information content (AvgIpc) is 3.67. The Morgan fingerprint density at radius 2 is 0.696 bits per heavy atom. The molecule has 0 amide bonds. The number of nitrogens with zero attached hydrogens (tertiary/aromatic N) is 1. The molecule has 0 aliphatic rings. The molecule has 0 unspecified atom stereocenters. The smallest absolute Gasteiger partial charge is 0.0540 e. The Hall–Kier alpha value is -7.00. The number of thiophene rings is 1. The lowest BCUT2D eigenvalue weighted by molar-refractivity contribution is 1.28. The zero-order valence-corrected chi connectivity index (χ0v) is 31.5. The summed E-state index contributed by atoms with van der Waals surface area (Å²) in [5, 5.41) is 2.64. The Kier molecular flexibility index (Phi) is 8.79. The monoisotopic (exact) mass is 731 g/mol. The standard InChI is InChI=1S/C54H37NS/c1-3-16-38(17-4-1)39-30-34-42(35-31-39)55(43-36-32-41(33-37-43)45-26-15-29-53-54(45)50-25-12-14-28-52(50)56-53)51-27-13-11-24-49(51)48-23-10-9-22-47(48)46-21-8-7-20-44(46)40-18-5-2-6-19-40/h1-37H. The molecule has 264 valence electrons. The van der Waals surface area contributed by atoms with Crippen LogP contribution in [0, 0.1) is 0 Å². The molecule has 0 radical (unpaired) electrons. The second-order valence-corrected chi connectivity index (χ2v) is 15.1. The molecule has 0 aliphatic carbocycles. The molecule has 2 heteroatoms. The van der Waals surface area contributed by atoms with Crippen molar-refractivity contribution in [3.8, 4) is 55.6 Å². The predicted molar refractivity (Wildman–Crippen MR) is 241 cm³/mol. The molecule has 0 saturated heterocycles. The minimum atomic E-state index is 1.10. The van der Waals surface area contributed by atoms with Crippen LogP contribution < -0.4 is 4.90 Å². The van der Waals surface area contributed by atoms with E-state index < -0.39 is 0 Å². The first-order valence-electron chi connectivity index (χ1n) is 19.1. The highest BCUT2D eigenvalue weighted by Gasteiger charge is 2.21. The van der Waals surface area contributed by atoms with Crippen molar-refractivity contribution in [3.63, 3.8) is 0 Å². The van der Waals surface area contributed by atoms with Crippen LogP contribution in [0.5, 0.6) is 0 Å². The molecule has 9 aromatic carbocycles. The third-order valence-corrected chi connectivity index (χ3v) is 11.9. The lowest BCUT2D eigenvalue weighted by Crippen LogP contribution is -2.11. The van der Waals surface area contributed by atoms with E-state index in [1.165, 1.54) is 70.2 Å². The number of hydrogen-bond donors (Lipinski definition) is 0. The van der Waals surface area contributed by atoms with E-state index in [1.54, 1.807) is 0 Å². The van der Waals surface area contributed by atoms with Gasteiger partial charge in [0.2, 0.25) is 0 Å². The van der Waals surface area contributed by atoms with E-state index in [-0.39, 0.29) is 0 Å². The van der Waals surface area contributed by atoms with Crippen molar-refractivity contribution in [1.82, 2.24) is 0 Å². The van der Waals surface area contributed by atoms with Gasteiger partial charge in [-0.2, -0.15) is 0 Å². The SMILES string of the molecule is c1ccc(-c2ccc(N(c3ccc(-c4cccc5sc6ccccc6c45)cc3)c3ccccc3-c3ccccc3-c3ccccc3-c3ccccc3)cc2)cc1. The van der Waals surface area contributed by atoms with E-state index in [0.29, 0.717) is 0 Å². The van der Waals surface area contributed by atoms with Crippen LogP contribution in [-0.4, -0.2) is 0 Å². The highest BCUT2D eigenvalue weighted by atomic mass is 32.1. The maximum atomic E-state index is 2.41. The van der Waals surface area contributed by atoms with Crippen molar-refractivity contribution in [1.29, 1.82) is 0 Å². The van der Waals surface area contributed by atoms with Gasteiger partial charge < -0.3 is 4.90 Å². The summed E-state index contributed by atoms with van der Waals surface area (Å²) in [5.74, 6) is 0. The second-order valence-electron chi connectivity index (χ2n) is 14.0. The van der Waals surface area contributed by atoms with Gasteiger partial charge in [-0.1, -0.05) is 182 Å². The topological polar surface area (TPSA) is 3.24 Å². The predicted octanol–water partition coefficient (Wildman–Crippen LogP) is 15.9. The van der Waals surface area contributed by atoms with Crippen LogP contribution in [0.15, 0.2) is 224 Å². The van der Waals surface area contributed by atoms with E-state index in [9.17, 15) is 0 Å². The fourth-order valence-electron chi connectivity index (χ4n) is 8.10. The third kappa shape index (κ3) is 6.17. The van der Waals surface area contributed by atoms with Crippen molar-refractivity contribution in [2.45, 2.75) is 0 Å². The highest BCUT2D eigenvalue weighted by molar-refractivity contribution is 7.25. The van der Waals surface area contributed by atoms with Crippen LogP contribution in [0.25, 0.3) is 75.8 Å². The minimum absolute atomic E-state index is 1.10. The number of rotatable bonds is 8. The summed E-state index contributed by atoms with van der Waals surface area (Å²) >= 11 is 1.86. The van der Waals surface area contributed by atoms with Crippen LogP contribution in [0.1, 0.15) is 0 Å². The summed E-state index contributed by atoms with van der Waals surface area (Å²) in [4.78, 5) is 2.41. The van der Waals surface area contributed by atoms with Crippen LogP contribution in [0.4, 0.5) is 17.1 Å². The quantitative estimate of drug-likeness (QED) is 0.150. The molecule has 10 aromatic rings. The van der Waals surface area contributed by atoms with E-state index in [1.807, 2.05) is 11.3 Å². The zero-order chi connectivity index (χ0) is 37.3. The van der Waals surface area contributed by atoms with Gasteiger partial charge in [-0.15, -0.1) is 11.3 Å². The molecule has 0 spiro atoms. The molecule has 1 aromatic heterocycles. The lowest BCUT2D eigenvalue weighted by Gasteiger charge is -2.29. The summed E-state index contributed by atoms with van der Waals surface area (Å²) in [6, 6.07) is 81.3. The van der Waals surface area contributed by atoms with Gasteiger partial charge in [0.15, 0.2) is 0 Å². The Labute approximate surface area is 332 Å². The maximum Gasteiger partial charge on any atom is 0.0540 e. The molecule has 0 fully saturated rings. The Morgan fingerprint density at radius 1 is 0.268 bits per heavy atom. The van der Waals surface area contributed by atoms with Gasteiger partial charge in [-0.3, -0.25) is 0 Å². The molecule has 0 atom stereocenters. The van der Waals surface area contributed by atoms with Crippen LogP contribution in [0.2, 0.25) is 0 Å². The molecule has 56 heavy (non-hydrogen) atoms. The summed E-state index contributed by atoms with van der Waals surface area (Å²) in [5.41, 5.74) is 15.4. The van der Waals surface area contributed by atoms with E-state index in [0.717, 1.165) is 22.6 Å². The number of benzene rings is 9. The molecule has 0 saturated carbocycles. The van der Waals surface area contributed by atoms with Crippen molar-refractivity contribution in [3.05, 3.63) is 224 Å². The first kappa shape index (κ1) is 33.6. The van der Waals surface area contributed by atoms with Crippen molar-refractivity contribution >= 4 is 48.6 Å². The molecular formula is C54H37NS. The summed E-state index contributed by atoms with van der Waals surface area (Å²) in [6.07, 6.45) is 0. The molecule has 0 bridgehead atoms. The number of anilines is 3. The van der Waals surface area contributed by atoms with Crippen LogP contribution in [0.3, 0.4) is 0 Å². The average molecular weight is 732 g/mol. The first-order chi connectivity index (χ1) is 27.8. The molecule has 1 nitrogen and oxygen atoms in total. The van der Waals surface area contributed by atoms with Gasteiger partial charge in [-0.05, 0) is 92.5 Å². The number of para-hydroxylation sites is 1. The van der Waals surface area contributed by atoms with Crippen molar-refractivity contribution in [2.24, 2.45) is 0 Å². The van der Waals surface area contributed by atoms with E-state index in [4.69, 9.17) is 0 Å². The van der Waals surface area contributed by atoms with Crippen molar-refractivity contribution < 1.29 is 0 Å². The van der Waals surface area contributed by atoms with Gasteiger partial charge in [0, 0.05) is 37.1 Å². The second kappa shape index (κ2) is 14.7. The van der Waals surface area contributed by atoms with Crippen LogP contribution >= 0.6 is 11.3 Å². The van der Waals surface area contributed by atoms with Gasteiger partial charge in [-0.25, -0.2) is 0 Å². The van der Waals surface area contributed by atoms with Gasteiger partial charge >= 0.3 is 0 Å². The van der Waals surface area contributed by atoms with E-state index >= 15 is 0 Å². The molecule has 0 aliphatic heterocycles. The molecule has 10 rings (SSSR count). The fraction of sp³-hybridized carbons (Fsp3) is 0. The van der Waals surface area contributed by atoms with Gasteiger partial charge in [0.1, 0.15) is 0 Å².